The van der Waals surface area contributed by atoms with Crippen LogP contribution in [-0.2, 0) is 16.6 Å². The lowest BCUT2D eigenvalue weighted by atomic mass is 10.00. The van der Waals surface area contributed by atoms with E-state index in [2.05, 4.69) is 38.2 Å². The van der Waals surface area contributed by atoms with E-state index in [9.17, 15) is 8.42 Å². The summed E-state index contributed by atoms with van der Waals surface area (Å²) in [5.41, 5.74) is 5.26. The third-order valence-corrected chi connectivity index (χ3v) is 5.10. The summed E-state index contributed by atoms with van der Waals surface area (Å²) in [4.78, 5) is 0. The van der Waals surface area contributed by atoms with Crippen LogP contribution in [0.4, 0.5) is 0 Å². The van der Waals surface area contributed by atoms with E-state index >= 15 is 0 Å². The predicted octanol–water partition coefficient (Wildman–Crippen LogP) is 2.37. The highest BCUT2D eigenvalue weighted by atomic mass is 32.2. The topological polar surface area (TPSA) is 49.4 Å². The van der Waals surface area contributed by atoms with Crippen LogP contribution in [0.2, 0.25) is 0 Å². The number of nitrogens with zero attached hydrogens (tertiary/aromatic N) is 1. The third kappa shape index (κ3) is 5.77. The zero-order valence-corrected chi connectivity index (χ0v) is 14.7. The highest BCUT2D eigenvalue weighted by molar-refractivity contribution is 7.88. The molecular formula is C16H28N2O2S. The van der Waals surface area contributed by atoms with Gasteiger partial charge in [0.15, 0.2) is 0 Å². The smallest absolute Gasteiger partial charge is 0.211 e. The van der Waals surface area contributed by atoms with Crippen LogP contribution in [-0.4, -0.2) is 38.6 Å². The lowest BCUT2D eigenvalue weighted by Gasteiger charge is -2.18. The Kier molecular flexibility index (Phi) is 6.84. The van der Waals surface area contributed by atoms with E-state index in [4.69, 9.17) is 0 Å². The number of aryl methyl sites for hydroxylation is 3. The van der Waals surface area contributed by atoms with E-state index in [-0.39, 0.29) is 0 Å². The average molecular weight is 312 g/mol. The number of hydrogen-bond donors (Lipinski definition) is 1. The standard InChI is InChI=1S/C16H28N2O2S/c1-6-18(21(5,19)20)9-7-8-17-12-16-14(3)10-13(2)11-15(16)4/h10-11,17H,6-9,12H2,1-5H3. The van der Waals surface area contributed by atoms with Gasteiger partial charge in [-0.05, 0) is 50.4 Å². The van der Waals surface area contributed by atoms with Gasteiger partial charge in [-0.1, -0.05) is 24.6 Å². The summed E-state index contributed by atoms with van der Waals surface area (Å²) < 4.78 is 24.5. The lowest BCUT2D eigenvalue weighted by molar-refractivity contribution is 0.419. The molecule has 1 aromatic carbocycles. The first-order valence-electron chi connectivity index (χ1n) is 7.48. The molecule has 0 aliphatic rings. The summed E-state index contributed by atoms with van der Waals surface area (Å²) in [5, 5.41) is 3.41. The minimum absolute atomic E-state index is 0.537. The molecule has 0 bridgehead atoms. The summed E-state index contributed by atoms with van der Waals surface area (Å²) >= 11 is 0. The summed E-state index contributed by atoms with van der Waals surface area (Å²) in [7, 11) is -3.07. The van der Waals surface area contributed by atoms with E-state index in [0.29, 0.717) is 13.1 Å². The summed E-state index contributed by atoms with van der Waals surface area (Å²) in [6.07, 6.45) is 2.09. The molecule has 0 aromatic heterocycles. The fourth-order valence-electron chi connectivity index (χ4n) is 2.64. The van der Waals surface area contributed by atoms with Gasteiger partial charge in [-0.15, -0.1) is 0 Å². The van der Waals surface area contributed by atoms with Gasteiger partial charge in [0.1, 0.15) is 0 Å². The summed E-state index contributed by atoms with van der Waals surface area (Å²) in [6.45, 7) is 11.0. The van der Waals surface area contributed by atoms with Crippen molar-refractivity contribution in [2.45, 2.75) is 40.7 Å². The van der Waals surface area contributed by atoms with Crippen molar-refractivity contribution >= 4 is 10.0 Å². The molecule has 0 atom stereocenters. The largest absolute Gasteiger partial charge is 0.313 e. The second kappa shape index (κ2) is 7.92. The van der Waals surface area contributed by atoms with Crippen LogP contribution in [0.3, 0.4) is 0 Å². The molecule has 0 aliphatic heterocycles. The predicted molar refractivity (Wildman–Crippen MR) is 89.1 cm³/mol. The number of rotatable bonds is 8. The molecule has 4 nitrogen and oxygen atoms in total. The second-order valence-corrected chi connectivity index (χ2v) is 7.64. The molecule has 0 fully saturated rings. The molecule has 0 spiro atoms. The van der Waals surface area contributed by atoms with E-state index in [1.54, 1.807) is 0 Å². The monoisotopic (exact) mass is 312 g/mol. The van der Waals surface area contributed by atoms with Crippen LogP contribution in [0.15, 0.2) is 12.1 Å². The molecular weight excluding hydrogens is 284 g/mol. The fourth-order valence-corrected chi connectivity index (χ4v) is 3.57. The molecule has 21 heavy (non-hydrogen) atoms. The first-order valence-corrected chi connectivity index (χ1v) is 9.33. The van der Waals surface area contributed by atoms with Crippen molar-refractivity contribution in [2.75, 3.05) is 25.9 Å². The van der Waals surface area contributed by atoms with E-state index in [1.807, 2.05) is 6.92 Å². The molecule has 0 aliphatic carbocycles. The molecule has 120 valence electrons. The van der Waals surface area contributed by atoms with Gasteiger partial charge in [0.2, 0.25) is 10.0 Å². The van der Waals surface area contributed by atoms with E-state index in [0.717, 1.165) is 19.5 Å². The van der Waals surface area contributed by atoms with Gasteiger partial charge in [0.05, 0.1) is 6.26 Å². The van der Waals surface area contributed by atoms with Gasteiger partial charge in [0.25, 0.3) is 0 Å². The van der Waals surface area contributed by atoms with Crippen molar-refractivity contribution in [1.82, 2.24) is 9.62 Å². The molecule has 0 unspecified atom stereocenters. The maximum Gasteiger partial charge on any atom is 0.211 e. The highest BCUT2D eigenvalue weighted by Gasteiger charge is 2.13. The van der Waals surface area contributed by atoms with Gasteiger partial charge in [-0.3, -0.25) is 0 Å². The number of sulfonamides is 1. The molecule has 0 amide bonds. The number of nitrogens with one attached hydrogen (secondary N) is 1. The van der Waals surface area contributed by atoms with Crippen LogP contribution < -0.4 is 5.32 Å². The molecule has 1 rings (SSSR count). The Morgan fingerprint density at radius 1 is 1.14 bits per heavy atom. The minimum atomic E-state index is -3.07. The Morgan fingerprint density at radius 2 is 1.71 bits per heavy atom. The third-order valence-electron chi connectivity index (χ3n) is 3.72. The van der Waals surface area contributed by atoms with Crippen molar-refractivity contribution < 1.29 is 8.42 Å². The van der Waals surface area contributed by atoms with Gasteiger partial charge < -0.3 is 5.32 Å². The van der Waals surface area contributed by atoms with Crippen molar-refractivity contribution in [3.8, 4) is 0 Å². The SMILES string of the molecule is CCN(CCCNCc1c(C)cc(C)cc1C)S(C)(=O)=O. The highest BCUT2D eigenvalue weighted by Crippen LogP contribution is 2.15. The maximum absolute atomic E-state index is 11.5. The van der Waals surface area contributed by atoms with Gasteiger partial charge in [-0.25, -0.2) is 12.7 Å². The van der Waals surface area contributed by atoms with Crippen molar-refractivity contribution in [3.05, 3.63) is 34.4 Å². The molecule has 0 heterocycles. The maximum atomic E-state index is 11.5. The Balaban J connectivity index is 2.42. The van der Waals surface area contributed by atoms with Crippen molar-refractivity contribution in [1.29, 1.82) is 0 Å². The minimum Gasteiger partial charge on any atom is -0.313 e. The molecule has 5 heteroatoms. The first kappa shape index (κ1) is 18.1. The fraction of sp³-hybridized carbons (Fsp3) is 0.625. The normalized spacial score (nSPS) is 12.1. The zero-order chi connectivity index (χ0) is 16.0. The molecule has 1 N–H and O–H groups in total. The van der Waals surface area contributed by atoms with Crippen LogP contribution in [0, 0.1) is 20.8 Å². The van der Waals surface area contributed by atoms with Gasteiger partial charge in [0, 0.05) is 19.6 Å². The van der Waals surface area contributed by atoms with Crippen LogP contribution in [0.1, 0.15) is 35.6 Å². The van der Waals surface area contributed by atoms with Gasteiger partial charge >= 0.3 is 0 Å². The lowest BCUT2D eigenvalue weighted by Crippen LogP contribution is -2.32. The van der Waals surface area contributed by atoms with Crippen molar-refractivity contribution in [2.24, 2.45) is 0 Å². The Morgan fingerprint density at radius 3 is 2.19 bits per heavy atom. The zero-order valence-electron chi connectivity index (χ0n) is 13.9. The average Bonchev–Trinajstić information content (AvgIpc) is 2.34. The Hall–Kier alpha value is -0.910. The Labute approximate surface area is 129 Å². The van der Waals surface area contributed by atoms with E-state index in [1.165, 1.54) is 32.8 Å². The summed E-state index contributed by atoms with van der Waals surface area (Å²) in [6, 6.07) is 4.40. The number of benzene rings is 1. The Bertz CT molecular complexity index is 545. The van der Waals surface area contributed by atoms with Crippen LogP contribution >= 0.6 is 0 Å². The van der Waals surface area contributed by atoms with E-state index < -0.39 is 10.0 Å². The first-order chi connectivity index (χ1) is 9.75. The summed E-state index contributed by atoms with van der Waals surface area (Å²) in [5.74, 6) is 0. The molecule has 0 radical (unpaired) electrons. The van der Waals surface area contributed by atoms with Crippen LogP contribution in [0.25, 0.3) is 0 Å². The van der Waals surface area contributed by atoms with Crippen LogP contribution in [0.5, 0.6) is 0 Å². The van der Waals surface area contributed by atoms with Gasteiger partial charge in [-0.2, -0.15) is 0 Å². The molecule has 0 saturated carbocycles. The van der Waals surface area contributed by atoms with Crippen molar-refractivity contribution in [3.63, 3.8) is 0 Å². The number of hydrogen-bond acceptors (Lipinski definition) is 3. The second-order valence-electron chi connectivity index (χ2n) is 5.66. The molecule has 1 aromatic rings. The quantitative estimate of drug-likeness (QED) is 0.750. The molecule has 0 saturated heterocycles.